The first-order valence-electron chi connectivity index (χ1n) is 3.73. The van der Waals surface area contributed by atoms with E-state index in [-0.39, 0.29) is 5.56 Å². The number of fused-ring (bicyclic) bond motifs is 1. The Balaban J connectivity index is 2.98. The average molecular weight is 163 g/mol. The fraction of sp³-hybridized carbons (Fsp3) is 0.250. The number of aromatic nitrogens is 3. The molecule has 0 unspecified atom stereocenters. The quantitative estimate of drug-likeness (QED) is 0.619. The molecule has 0 aliphatic rings. The molecule has 4 heteroatoms. The Morgan fingerprint density at radius 3 is 2.92 bits per heavy atom. The number of nitrogens with one attached hydrogen (secondary N) is 1. The zero-order valence-electron chi connectivity index (χ0n) is 6.96. The van der Waals surface area contributed by atoms with Gasteiger partial charge in [-0.2, -0.15) is 0 Å². The zero-order chi connectivity index (χ0) is 8.72. The van der Waals surface area contributed by atoms with Crippen molar-refractivity contribution in [3.05, 3.63) is 33.9 Å². The topological polar surface area (TPSA) is 50.2 Å². The van der Waals surface area contributed by atoms with Crippen molar-refractivity contribution in [2.45, 2.75) is 13.8 Å². The molecule has 1 N–H and O–H groups in total. The molecule has 0 radical (unpaired) electrons. The second-order valence-corrected chi connectivity index (χ2v) is 2.87. The third-order valence-corrected chi connectivity index (χ3v) is 1.71. The fourth-order valence-electron chi connectivity index (χ4n) is 1.24. The highest BCUT2D eigenvalue weighted by atomic mass is 16.1. The van der Waals surface area contributed by atoms with Gasteiger partial charge < -0.3 is 0 Å². The van der Waals surface area contributed by atoms with Crippen molar-refractivity contribution in [2.75, 3.05) is 0 Å². The lowest BCUT2D eigenvalue weighted by atomic mass is 10.3. The summed E-state index contributed by atoms with van der Waals surface area (Å²) >= 11 is 0. The number of nitrogens with zero attached hydrogens (tertiary/aromatic N) is 2. The van der Waals surface area contributed by atoms with Crippen LogP contribution in [0.25, 0.3) is 5.65 Å². The maximum Gasteiger partial charge on any atom is 0.271 e. The van der Waals surface area contributed by atoms with Crippen LogP contribution in [-0.4, -0.2) is 14.6 Å². The van der Waals surface area contributed by atoms with Gasteiger partial charge in [-0.3, -0.25) is 9.89 Å². The molecule has 0 amide bonds. The predicted octanol–water partition coefficient (Wildman–Crippen LogP) is 0.639. The average Bonchev–Trinajstić information content (AvgIpc) is 2.29. The molecule has 2 aromatic heterocycles. The van der Waals surface area contributed by atoms with Gasteiger partial charge in [0.1, 0.15) is 5.82 Å². The minimum absolute atomic E-state index is 0.0643. The van der Waals surface area contributed by atoms with E-state index in [1.54, 1.807) is 6.07 Å². The number of H-pyrrole nitrogens is 1. The predicted molar refractivity (Wildman–Crippen MR) is 45.3 cm³/mol. The number of pyridine rings is 1. The summed E-state index contributed by atoms with van der Waals surface area (Å²) < 4.78 is 1.43. The molecular weight excluding hydrogens is 154 g/mol. The van der Waals surface area contributed by atoms with Crippen LogP contribution in [-0.2, 0) is 0 Å². The second-order valence-electron chi connectivity index (χ2n) is 2.87. The number of hydrogen-bond acceptors (Lipinski definition) is 2. The Labute approximate surface area is 68.8 Å². The van der Waals surface area contributed by atoms with E-state index in [1.807, 2.05) is 19.9 Å². The lowest BCUT2D eigenvalue weighted by Crippen LogP contribution is -2.12. The normalized spacial score (nSPS) is 10.8. The summed E-state index contributed by atoms with van der Waals surface area (Å²) in [4.78, 5) is 15.4. The summed E-state index contributed by atoms with van der Waals surface area (Å²) in [6.45, 7) is 3.70. The van der Waals surface area contributed by atoms with Crippen molar-refractivity contribution in [3.63, 3.8) is 0 Å². The maximum atomic E-state index is 11.3. The van der Waals surface area contributed by atoms with Crippen LogP contribution in [0.15, 0.2) is 16.9 Å². The van der Waals surface area contributed by atoms with Crippen molar-refractivity contribution >= 4 is 5.65 Å². The second kappa shape index (κ2) is 2.20. The number of aryl methyl sites for hydroxylation is 2. The summed E-state index contributed by atoms with van der Waals surface area (Å²) in [6, 6.07) is 3.44. The van der Waals surface area contributed by atoms with E-state index >= 15 is 0 Å². The van der Waals surface area contributed by atoms with Crippen molar-refractivity contribution in [3.8, 4) is 0 Å². The van der Waals surface area contributed by atoms with Crippen molar-refractivity contribution < 1.29 is 0 Å². The lowest BCUT2D eigenvalue weighted by Gasteiger charge is -1.91. The SMILES string of the molecule is Cc1cc(=O)n2[nH]c(C)nc2c1. The number of hydrogen-bond donors (Lipinski definition) is 1. The summed E-state index contributed by atoms with van der Waals surface area (Å²) in [5, 5.41) is 2.85. The first kappa shape index (κ1) is 7.09. The molecular formula is C8H9N3O. The zero-order valence-corrected chi connectivity index (χ0v) is 6.96. The van der Waals surface area contributed by atoms with Crippen LogP contribution in [0, 0.1) is 13.8 Å². The van der Waals surface area contributed by atoms with Gasteiger partial charge in [-0.15, -0.1) is 0 Å². The Kier molecular flexibility index (Phi) is 1.30. The van der Waals surface area contributed by atoms with E-state index in [4.69, 9.17) is 0 Å². The first-order chi connectivity index (χ1) is 5.66. The summed E-state index contributed by atoms with van der Waals surface area (Å²) in [6.07, 6.45) is 0. The Morgan fingerprint density at radius 2 is 2.17 bits per heavy atom. The van der Waals surface area contributed by atoms with Crippen molar-refractivity contribution in [1.29, 1.82) is 0 Å². The molecule has 0 aliphatic heterocycles. The summed E-state index contributed by atoms with van der Waals surface area (Å²) in [5.74, 6) is 0.748. The molecule has 0 fully saturated rings. The van der Waals surface area contributed by atoms with Gasteiger partial charge in [0.25, 0.3) is 5.56 Å². The van der Waals surface area contributed by atoms with Crippen LogP contribution < -0.4 is 5.56 Å². The van der Waals surface area contributed by atoms with Gasteiger partial charge in [-0.05, 0) is 25.5 Å². The molecule has 4 nitrogen and oxygen atoms in total. The van der Waals surface area contributed by atoms with Crippen LogP contribution in [0.5, 0.6) is 0 Å². The molecule has 2 aromatic rings. The van der Waals surface area contributed by atoms with Gasteiger partial charge >= 0.3 is 0 Å². The van der Waals surface area contributed by atoms with Gasteiger partial charge in [0.05, 0.1) is 0 Å². The van der Waals surface area contributed by atoms with E-state index in [9.17, 15) is 4.79 Å². The molecule has 0 spiro atoms. The number of rotatable bonds is 0. The molecule has 2 rings (SSSR count). The van der Waals surface area contributed by atoms with Gasteiger partial charge in [-0.1, -0.05) is 0 Å². The first-order valence-corrected chi connectivity index (χ1v) is 3.73. The summed E-state index contributed by atoms with van der Waals surface area (Å²) in [7, 11) is 0. The van der Waals surface area contributed by atoms with E-state index in [1.165, 1.54) is 4.52 Å². The highest BCUT2D eigenvalue weighted by Crippen LogP contribution is 1.99. The standard InChI is InChI=1S/C8H9N3O/c1-5-3-7-9-6(2)10-11(7)8(12)4-5/h3-4H,1-2H3,(H,9,10). The van der Waals surface area contributed by atoms with Gasteiger partial charge in [0, 0.05) is 6.07 Å². The van der Waals surface area contributed by atoms with Crippen molar-refractivity contribution in [1.82, 2.24) is 14.6 Å². The Morgan fingerprint density at radius 1 is 1.42 bits per heavy atom. The molecule has 0 saturated heterocycles. The molecule has 12 heavy (non-hydrogen) atoms. The van der Waals surface area contributed by atoms with Crippen LogP contribution in [0.2, 0.25) is 0 Å². The molecule has 0 atom stereocenters. The van der Waals surface area contributed by atoms with Crippen LogP contribution >= 0.6 is 0 Å². The molecule has 0 aliphatic carbocycles. The van der Waals surface area contributed by atoms with E-state index in [0.717, 1.165) is 11.4 Å². The van der Waals surface area contributed by atoms with Gasteiger partial charge in [0.15, 0.2) is 5.65 Å². The molecule has 0 saturated carbocycles. The smallest absolute Gasteiger partial charge is 0.271 e. The van der Waals surface area contributed by atoms with E-state index in [2.05, 4.69) is 10.1 Å². The van der Waals surface area contributed by atoms with Crippen LogP contribution in [0.3, 0.4) is 0 Å². The van der Waals surface area contributed by atoms with E-state index in [0.29, 0.717) is 5.65 Å². The molecule has 62 valence electrons. The summed E-state index contributed by atoms with van der Waals surface area (Å²) in [5.41, 5.74) is 1.55. The largest absolute Gasteiger partial charge is 0.277 e. The van der Waals surface area contributed by atoms with Gasteiger partial charge in [0.2, 0.25) is 0 Å². The maximum absolute atomic E-state index is 11.3. The highest BCUT2D eigenvalue weighted by molar-refractivity contribution is 5.39. The minimum atomic E-state index is -0.0643. The molecule has 0 bridgehead atoms. The third kappa shape index (κ3) is 0.922. The Hall–Kier alpha value is -1.58. The lowest BCUT2D eigenvalue weighted by molar-refractivity contribution is 0.893. The van der Waals surface area contributed by atoms with Crippen molar-refractivity contribution in [2.24, 2.45) is 0 Å². The Bertz CT molecular complexity index is 480. The third-order valence-electron chi connectivity index (χ3n) is 1.71. The molecule has 2 heterocycles. The van der Waals surface area contributed by atoms with E-state index < -0.39 is 0 Å². The fourth-order valence-corrected chi connectivity index (χ4v) is 1.24. The molecule has 0 aromatic carbocycles. The monoisotopic (exact) mass is 163 g/mol. The highest BCUT2D eigenvalue weighted by Gasteiger charge is 2.00. The van der Waals surface area contributed by atoms with Gasteiger partial charge in [-0.25, -0.2) is 9.50 Å². The van der Waals surface area contributed by atoms with Crippen LogP contribution in [0.4, 0.5) is 0 Å². The minimum Gasteiger partial charge on any atom is -0.277 e. The number of aromatic amines is 1. The van der Waals surface area contributed by atoms with Crippen LogP contribution in [0.1, 0.15) is 11.4 Å².